The van der Waals surface area contributed by atoms with Crippen molar-refractivity contribution in [1.82, 2.24) is 19.8 Å². The molecule has 0 saturated carbocycles. The predicted molar refractivity (Wildman–Crippen MR) is 141 cm³/mol. The zero-order valence-electron chi connectivity index (χ0n) is 19.5. The summed E-state index contributed by atoms with van der Waals surface area (Å²) >= 11 is 3.65. The average molecular weight is 549 g/mol. The number of para-hydroxylation sites is 2. The lowest BCUT2D eigenvalue weighted by Gasteiger charge is -2.28. The number of carbonyl (C=O) groups excluding carboxylic acids is 2. The number of aliphatic hydroxyl groups is 1. The highest BCUT2D eigenvalue weighted by Crippen LogP contribution is 2.39. The molecule has 9 heteroatoms. The van der Waals surface area contributed by atoms with E-state index >= 15 is 0 Å². The summed E-state index contributed by atoms with van der Waals surface area (Å²) in [6, 6.07) is 13.5. The Labute approximate surface area is 215 Å². The number of hydrogen-bond donors (Lipinski definition) is 3. The number of halogens is 1. The molecule has 1 unspecified atom stereocenters. The maximum atomic E-state index is 13.2. The highest BCUT2D eigenvalue weighted by Gasteiger charge is 2.35. The number of rotatable bonds is 6. The monoisotopic (exact) mass is 548 g/mol. The molecule has 36 heavy (non-hydrogen) atoms. The lowest BCUT2D eigenvalue weighted by atomic mass is 9.95. The van der Waals surface area contributed by atoms with Crippen LogP contribution in [-0.2, 0) is 20.9 Å². The van der Waals surface area contributed by atoms with E-state index in [9.17, 15) is 14.7 Å². The smallest absolute Gasteiger partial charge is 0.259 e. The van der Waals surface area contributed by atoms with Gasteiger partial charge in [-0.1, -0.05) is 30.3 Å². The second kappa shape index (κ2) is 9.33. The largest absolute Gasteiger partial charge is 0.390 e. The van der Waals surface area contributed by atoms with Crippen molar-refractivity contribution < 1.29 is 19.4 Å². The molecule has 1 fully saturated rings. The Morgan fingerprint density at radius 1 is 0.944 bits per heavy atom. The first-order chi connectivity index (χ1) is 17.5. The summed E-state index contributed by atoms with van der Waals surface area (Å²) in [5, 5.41) is 15.1. The Bertz CT molecular complexity index is 1530. The normalized spacial score (nSPS) is 17.9. The van der Waals surface area contributed by atoms with E-state index in [1.165, 1.54) is 0 Å². The number of aromatic amines is 1. The number of amides is 2. The third-order valence-electron chi connectivity index (χ3n) is 6.89. The number of carbonyl (C=O) groups is 2. The highest BCUT2D eigenvalue weighted by atomic mass is 79.9. The van der Waals surface area contributed by atoms with E-state index in [-0.39, 0.29) is 0 Å². The first-order valence-electron chi connectivity index (χ1n) is 11.9. The van der Waals surface area contributed by atoms with Crippen LogP contribution in [0.25, 0.3) is 33.0 Å². The number of hydrogen-bond acceptors (Lipinski definition) is 5. The number of nitrogens with one attached hydrogen (secondary N) is 2. The SMILES string of the molecule is O=C1NC(=O)C(c2cn(CC(O)CN3CCOCC3)c3c(Br)cccc23)=C1c1c[nH]c2ccccc12. The molecule has 3 N–H and O–H groups in total. The Hall–Kier alpha value is -3.24. The molecule has 184 valence electrons. The van der Waals surface area contributed by atoms with Crippen molar-refractivity contribution in [2.45, 2.75) is 12.6 Å². The minimum absolute atomic E-state index is 0.342. The number of imide groups is 1. The number of aliphatic hydroxyl groups excluding tert-OH is 1. The summed E-state index contributed by atoms with van der Waals surface area (Å²) in [5.74, 6) is -0.837. The number of benzene rings is 2. The van der Waals surface area contributed by atoms with Crippen LogP contribution in [0.15, 0.2) is 59.3 Å². The fraction of sp³-hybridized carbons (Fsp3) is 0.259. The third kappa shape index (κ3) is 3.98. The van der Waals surface area contributed by atoms with Crippen molar-refractivity contribution in [3.63, 3.8) is 0 Å². The topological polar surface area (TPSA) is 99.6 Å². The van der Waals surface area contributed by atoms with Crippen LogP contribution in [0.3, 0.4) is 0 Å². The van der Waals surface area contributed by atoms with Gasteiger partial charge in [0.25, 0.3) is 11.8 Å². The molecule has 0 aliphatic carbocycles. The van der Waals surface area contributed by atoms with Crippen LogP contribution in [0.5, 0.6) is 0 Å². The Balaban J connectivity index is 1.47. The summed E-state index contributed by atoms with van der Waals surface area (Å²) in [5.41, 5.74) is 3.80. The van der Waals surface area contributed by atoms with Gasteiger partial charge in [0.05, 0.1) is 36.0 Å². The molecule has 0 bridgehead atoms. The Kier molecular flexibility index (Phi) is 6.00. The number of aromatic nitrogens is 2. The van der Waals surface area contributed by atoms with E-state index in [1.807, 2.05) is 53.2 Å². The van der Waals surface area contributed by atoms with Crippen LogP contribution in [0.4, 0.5) is 0 Å². The molecule has 0 spiro atoms. The van der Waals surface area contributed by atoms with Crippen molar-refractivity contribution in [2.75, 3.05) is 32.8 Å². The molecule has 2 aromatic heterocycles. The van der Waals surface area contributed by atoms with Gasteiger partial charge in [-0.25, -0.2) is 0 Å². The molecule has 2 aliphatic heterocycles. The zero-order valence-corrected chi connectivity index (χ0v) is 21.0. The van der Waals surface area contributed by atoms with Crippen molar-refractivity contribution in [3.8, 4) is 0 Å². The molecule has 2 aliphatic rings. The van der Waals surface area contributed by atoms with Gasteiger partial charge in [0.2, 0.25) is 0 Å². The van der Waals surface area contributed by atoms with Gasteiger partial charge in [0.1, 0.15) is 0 Å². The molecule has 6 rings (SSSR count). The number of fused-ring (bicyclic) bond motifs is 2. The molecule has 4 aromatic rings. The number of ether oxygens (including phenoxy) is 1. The van der Waals surface area contributed by atoms with Gasteiger partial charge in [0, 0.05) is 70.5 Å². The van der Waals surface area contributed by atoms with E-state index in [4.69, 9.17) is 4.74 Å². The Morgan fingerprint density at radius 2 is 1.67 bits per heavy atom. The lowest BCUT2D eigenvalue weighted by Crippen LogP contribution is -2.41. The molecule has 8 nitrogen and oxygen atoms in total. The number of morpholine rings is 1. The van der Waals surface area contributed by atoms with Crippen molar-refractivity contribution >= 4 is 60.7 Å². The van der Waals surface area contributed by atoms with E-state index in [0.29, 0.717) is 48.6 Å². The molecule has 1 atom stereocenters. The van der Waals surface area contributed by atoms with E-state index in [2.05, 4.69) is 31.1 Å². The van der Waals surface area contributed by atoms with Crippen molar-refractivity contribution in [2.24, 2.45) is 0 Å². The maximum absolute atomic E-state index is 13.2. The zero-order chi connectivity index (χ0) is 24.8. The first kappa shape index (κ1) is 23.2. The van der Waals surface area contributed by atoms with Crippen LogP contribution >= 0.6 is 15.9 Å². The molecule has 4 heterocycles. The second-order valence-electron chi connectivity index (χ2n) is 9.18. The lowest BCUT2D eigenvalue weighted by molar-refractivity contribution is -0.122. The van der Waals surface area contributed by atoms with E-state index < -0.39 is 17.9 Å². The Morgan fingerprint density at radius 3 is 2.47 bits per heavy atom. The van der Waals surface area contributed by atoms with Gasteiger partial charge >= 0.3 is 0 Å². The van der Waals surface area contributed by atoms with Gasteiger partial charge in [0.15, 0.2) is 0 Å². The molecular formula is C27H25BrN4O4. The minimum Gasteiger partial charge on any atom is -0.390 e. The van der Waals surface area contributed by atoms with Gasteiger partial charge < -0.3 is 19.4 Å². The average Bonchev–Trinajstić information content (AvgIpc) is 3.53. The number of β-amino-alcohol motifs (C(OH)–C–C–N with tert-alkyl or cyclic N) is 1. The van der Waals surface area contributed by atoms with Crippen LogP contribution in [-0.4, -0.2) is 70.3 Å². The van der Waals surface area contributed by atoms with Crippen LogP contribution < -0.4 is 5.32 Å². The summed E-state index contributed by atoms with van der Waals surface area (Å²) in [7, 11) is 0. The molecule has 0 radical (unpaired) electrons. The summed E-state index contributed by atoms with van der Waals surface area (Å²) < 4.78 is 8.23. The van der Waals surface area contributed by atoms with Gasteiger partial charge in [-0.2, -0.15) is 0 Å². The molecule has 2 aromatic carbocycles. The van der Waals surface area contributed by atoms with Crippen molar-refractivity contribution in [3.05, 3.63) is 70.5 Å². The summed E-state index contributed by atoms with van der Waals surface area (Å²) in [6.45, 7) is 3.81. The first-order valence-corrected chi connectivity index (χ1v) is 12.7. The van der Waals surface area contributed by atoms with Crippen LogP contribution in [0.1, 0.15) is 11.1 Å². The fourth-order valence-electron chi connectivity index (χ4n) is 5.27. The highest BCUT2D eigenvalue weighted by molar-refractivity contribution is 9.10. The fourth-order valence-corrected chi connectivity index (χ4v) is 5.87. The third-order valence-corrected chi connectivity index (χ3v) is 7.53. The predicted octanol–water partition coefficient (Wildman–Crippen LogP) is 3.15. The van der Waals surface area contributed by atoms with Gasteiger partial charge in [-0.15, -0.1) is 0 Å². The van der Waals surface area contributed by atoms with E-state index in [1.54, 1.807) is 6.20 Å². The van der Waals surface area contributed by atoms with Gasteiger partial charge in [-0.3, -0.25) is 19.8 Å². The standard InChI is InChI=1S/C27H25BrN4O4/c28-21-6-3-5-18-20(15-32(25(18)21)14-16(33)13-31-8-10-36-11-9-31)24-23(26(34)30-27(24)35)19-12-29-22-7-2-1-4-17(19)22/h1-7,12,15-16,29,33H,8-11,13-14H2,(H,30,34,35). The van der Waals surface area contributed by atoms with Crippen LogP contribution in [0.2, 0.25) is 0 Å². The van der Waals surface area contributed by atoms with E-state index in [0.717, 1.165) is 39.4 Å². The molecule has 2 amide bonds. The second-order valence-corrected chi connectivity index (χ2v) is 10.0. The summed E-state index contributed by atoms with van der Waals surface area (Å²) in [6.07, 6.45) is 3.04. The quantitative estimate of drug-likeness (QED) is 0.321. The minimum atomic E-state index is -0.611. The van der Waals surface area contributed by atoms with Crippen molar-refractivity contribution in [1.29, 1.82) is 0 Å². The molecule has 1 saturated heterocycles. The summed E-state index contributed by atoms with van der Waals surface area (Å²) in [4.78, 5) is 31.6. The van der Waals surface area contributed by atoms with Crippen LogP contribution in [0, 0.1) is 0 Å². The number of nitrogens with zero attached hydrogens (tertiary/aromatic N) is 2. The van der Waals surface area contributed by atoms with Gasteiger partial charge in [-0.05, 0) is 28.1 Å². The number of H-pyrrole nitrogens is 1. The maximum Gasteiger partial charge on any atom is 0.259 e. The molecular weight excluding hydrogens is 524 g/mol.